The minimum atomic E-state index is -5.28. The number of hydrogen-bond donors (Lipinski definition) is 2. The normalized spacial score (nSPS) is 16.7. The highest BCUT2D eigenvalue weighted by atomic mass is 127. The topological polar surface area (TPSA) is 86.7 Å². The molecule has 2 N–H and O–H groups in total. The van der Waals surface area contributed by atoms with Gasteiger partial charge in [0.05, 0.1) is 12.2 Å². The number of benzene rings is 1. The van der Waals surface area contributed by atoms with Crippen LogP contribution in [0.15, 0.2) is 41.5 Å². The Hall–Kier alpha value is -1.67. The van der Waals surface area contributed by atoms with E-state index in [0.29, 0.717) is 23.4 Å². The Kier molecular flexibility index (Phi) is 8.89. The van der Waals surface area contributed by atoms with E-state index in [1.807, 2.05) is 37.3 Å². The van der Waals surface area contributed by atoms with E-state index in [-0.39, 0.29) is 55.9 Å². The third-order valence-corrected chi connectivity index (χ3v) is 6.54. The predicted octanol–water partition coefficient (Wildman–Crippen LogP) is 3.22. The lowest BCUT2D eigenvalue weighted by Crippen LogP contribution is -2.51. The number of rotatable bonds is 5. The highest BCUT2D eigenvalue weighted by Crippen LogP contribution is 2.29. The van der Waals surface area contributed by atoms with Gasteiger partial charge in [0.15, 0.2) is 5.96 Å². The van der Waals surface area contributed by atoms with Crippen molar-refractivity contribution in [3.63, 3.8) is 0 Å². The molecule has 2 heterocycles. The third-order valence-electron chi connectivity index (χ3n) is 4.91. The van der Waals surface area contributed by atoms with Crippen LogP contribution in [0.2, 0.25) is 0 Å². The van der Waals surface area contributed by atoms with E-state index in [4.69, 9.17) is 0 Å². The van der Waals surface area contributed by atoms with Gasteiger partial charge in [0.1, 0.15) is 0 Å². The first-order valence-corrected chi connectivity index (χ1v) is 11.1. The van der Waals surface area contributed by atoms with Crippen LogP contribution in [0, 0.1) is 0 Å². The van der Waals surface area contributed by atoms with Crippen LogP contribution in [0.25, 0.3) is 10.8 Å². The maximum atomic E-state index is 12.7. The fourth-order valence-corrected chi connectivity index (χ4v) is 4.35. The highest BCUT2D eigenvalue weighted by molar-refractivity contribution is 14.0. The molecule has 0 radical (unpaired) electrons. The lowest BCUT2D eigenvalue weighted by molar-refractivity contribution is -0.0494. The second kappa shape index (κ2) is 10.8. The van der Waals surface area contributed by atoms with Crippen molar-refractivity contribution < 1.29 is 21.6 Å². The molecule has 0 bridgehead atoms. The number of sulfonamides is 1. The number of piperidine rings is 1. The Morgan fingerprint density at radius 2 is 1.90 bits per heavy atom. The van der Waals surface area contributed by atoms with Gasteiger partial charge in [0, 0.05) is 37.3 Å². The zero-order chi connectivity index (χ0) is 21.8. The van der Waals surface area contributed by atoms with Crippen molar-refractivity contribution in [1.82, 2.24) is 19.9 Å². The maximum absolute atomic E-state index is 12.7. The molecule has 1 saturated heterocycles. The van der Waals surface area contributed by atoms with Gasteiger partial charge in [-0.05, 0) is 31.2 Å². The Balaban J connectivity index is 0.00000341. The zero-order valence-electron chi connectivity index (χ0n) is 16.9. The summed E-state index contributed by atoms with van der Waals surface area (Å²) in [4.78, 5) is 8.96. The minimum absolute atomic E-state index is 0. The van der Waals surface area contributed by atoms with Crippen LogP contribution in [0.1, 0.15) is 25.5 Å². The van der Waals surface area contributed by atoms with Crippen LogP contribution < -0.4 is 10.6 Å². The number of nitrogens with zero attached hydrogens (tertiary/aromatic N) is 3. The summed E-state index contributed by atoms with van der Waals surface area (Å²) in [6.07, 6.45) is 2.24. The van der Waals surface area contributed by atoms with Crippen LogP contribution >= 0.6 is 24.0 Å². The molecule has 0 aliphatic carbocycles. The van der Waals surface area contributed by atoms with Gasteiger partial charge in [-0.2, -0.15) is 17.5 Å². The standard InChI is InChI=1S/C19H24F3N5O2S.HI/c1-2-23-18(25-13-17-16-6-4-3-5-14(16)7-10-24-17)26-15-8-11-27(12-9-15)30(28,29)19(20,21)22;/h3-7,10,15H,2,8-9,11-13H2,1H3,(H2,23,25,26);1H. The van der Waals surface area contributed by atoms with Gasteiger partial charge in [-0.3, -0.25) is 4.98 Å². The molecule has 3 rings (SSSR count). The van der Waals surface area contributed by atoms with E-state index in [1.54, 1.807) is 6.20 Å². The summed E-state index contributed by atoms with van der Waals surface area (Å²) in [7, 11) is -5.28. The molecule has 172 valence electrons. The molecule has 2 aromatic rings. The minimum Gasteiger partial charge on any atom is -0.357 e. The van der Waals surface area contributed by atoms with Crippen LogP contribution in [0.3, 0.4) is 0 Å². The third kappa shape index (κ3) is 6.19. The van der Waals surface area contributed by atoms with Gasteiger partial charge in [-0.1, -0.05) is 24.3 Å². The van der Waals surface area contributed by atoms with E-state index in [1.165, 1.54) is 0 Å². The molecule has 0 amide bonds. The van der Waals surface area contributed by atoms with Crippen molar-refractivity contribution in [3.05, 3.63) is 42.2 Å². The summed E-state index contributed by atoms with van der Waals surface area (Å²) < 4.78 is 61.7. The van der Waals surface area contributed by atoms with Gasteiger partial charge in [0.25, 0.3) is 0 Å². The van der Waals surface area contributed by atoms with Crippen molar-refractivity contribution in [2.24, 2.45) is 4.99 Å². The Morgan fingerprint density at radius 3 is 2.55 bits per heavy atom. The number of alkyl halides is 3. The molecular formula is C19H25F3IN5O2S. The van der Waals surface area contributed by atoms with Gasteiger partial charge >= 0.3 is 15.5 Å². The van der Waals surface area contributed by atoms with E-state index in [9.17, 15) is 21.6 Å². The Morgan fingerprint density at radius 1 is 1.23 bits per heavy atom. The van der Waals surface area contributed by atoms with Crippen molar-refractivity contribution in [2.45, 2.75) is 37.9 Å². The Bertz CT molecular complexity index is 1000. The molecule has 1 aromatic carbocycles. The summed E-state index contributed by atoms with van der Waals surface area (Å²) in [6, 6.07) is 9.61. The van der Waals surface area contributed by atoms with Crippen molar-refractivity contribution in [1.29, 1.82) is 0 Å². The molecule has 31 heavy (non-hydrogen) atoms. The number of halogens is 4. The van der Waals surface area contributed by atoms with Crippen molar-refractivity contribution in [2.75, 3.05) is 19.6 Å². The maximum Gasteiger partial charge on any atom is 0.511 e. The smallest absolute Gasteiger partial charge is 0.357 e. The van der Waals surface area contributed by atoms with Gasteiger partial charge in [-0.25, -0.2) is 13.4 Å². The first kappa shape index (κ1) is 25.6. The van der Waals surface area contributed by atoms with Crippen LogP contribution in [0.4, 0.5) is 13.2 Å². The largest absolute Gasteiger partial charge is 0.511 e. The SMILES string of the molecule is CCNC(=NCc1nccc2ccccc12)NC1CCN(S(=O)(=O)C(F)(F)F)CC1.I. The fourth-order valence-electron chi connectivity index (χ4n) is 3.36. The molecule has 12 heteroatoms. The average molecular weight is 571 g/mol. The molecule has 1 fully saturated rings. The predicted molar refractivity (Wildman–Crippen MR) is 125 cm³/mol. The summed E-state index contributed by atoms with van der Waals surface area (Å²) >= 11 is 0. The highest BCUT2D eigenvalue weighted by Gasteiger charge is 2.50. The van der Waals surface area contributed by atoms with Crippen molar-refractivity contribution >= 4 is 50.7 Å². The lowest BCUT2D eigenvalue weighted by atomic mass is 10.1. The summed E-state index contributed by atoms with van der Waals surface area (Å²) in [5, 5.41) is 8.38. The zero-order valence-corrected chi connectivity index (χ0v) is 20.0. The summed E-state index contributed by atoms with van der Waals surface area (Å²) in [5.74, 6) is 0.518. The van der Waals surface area contributed by atoms with Gasteiger partial charge in [-0.15, -0.1) is 24.0 Å². The molecule has 1 aromatic heterocycles. The molecule has 1 aliphatic heterocycles. The number of guanidine groups is 1. The number of fused-ring (bicyclic) bond motifs is 1. The molecule has 0 atom stereocenters. The van der Waals surface area contributed by atoms with Gasteiger partial charge in [0.2, 0.25) is 0 Å². The number of aromatic nitrogens is 1. The van der Waals surface area contributed by atoms with E-state index >= 15 is 0 Å². The van der Waals surface area contributed by atoms with E-state index in [0.717, 1.165) is 16.5 Å². The summed E-state index contributed by atoms with van der Waals surface area (Å²) in [5.41, 5.74) is -4.45. The first-order chi connectivity index (χ1) is 14.2. The first-order valence-electron chi connectivity index (χ1n) is 9.66. The van der Waals surface area contributed by atoms with E-state index < -0.39 is 15.5 Å². The number of nitrogens with one attached hydrogen (secondary N) is 2. The number of pyridine rings is 1. The van der Waals surface area contributed by atoms with Gasteiger partial charge < -0.3 is 10.6 Å². The monoisotopic (exact) mass is 571 g/mol. The fraction of sp³-hybridized carbons (Fsp3) is 0.474. The molecule has 0 unspecified atom stereocenters. The quantitative estimate of drug-likeness (QED) is 0.327. The average Bonchev–Trinajstić information content (AvgIpc) is 2.72. The number of hydrogen-bond acceptors (Lipinski definition) is 4. The second-order valence-electron chi connectivity index (χ2n) is 6.94. The van der Waals surface area contributed by atoms with Crippen LogP contribution in [-0.4, -0.2) is 54.9 Å². The lowest BCUT2D eigenvalue weighted by Gasteiger charge is -2.32. The molecule has 1 aliphatic rings. The Labute approximate surface area is 196 Å². The second-order valence-corrected chi connectivity index (χ2v) is 8.87. The molecule has 0 spiro atoms. The number of aliphatic imine (C=N–C) groups is 1. The van der Waals surface area contributed by atoms with Crippen LogP contribution in [-0.2, 0) is 16.6 Å². The van der Waals surface area contributed by atoms with Crippen molar-refractivity contribution in [3.8, 4) is 0 Å². The van der Waals surface area contributed by atoms with E-state index in [2.05, 4.69) is 20.6 Å². The molecular weight excluding hydrogens is 546 g/mol. The summed E-state index contributed by atoms with van der Waals surface area (Å²) in [6.45, 7) is 2.47. The molecule has 0 saturated carbocycles. The molecule has 7 nitrogen and oxygen atoms in total. The van der Waals surface area contributed by atoms with Crippen LogP contribution in [0.5, 0.6) is 0 Å².